The highest BCUT2D eigenvalue weighted by Crippen LogP contribution is 1.93. The molecule has 0 aliphatic carbocycles. The minimum atomic E-state index is -0.0296. The average Bonchev–Trinajstić information content (AvgIpc) is 2.00. The standard InChI is InChI=1S/C9H18N2O/c1-5-7-9(12)10-8(6-2)11(3)4/h5,7-8H,6H2,1-4H3,(H,10,12)/b7-5+. The van der Waals surface area contributed by atoms with Crippen molar-refractivity contribution in [3.05, 3.63) is 12.2 Å². The van der Waals surface area contributed by atoms with Gasteiger partial charge in [0.05, 0.1) is 6.17 Å². The fraction of sp³-hybridized carbons (Fsp3) is 0.667. The van der Waals surface area contributed by atoms with Gasteiger partial charge in [0.1, 0.15) is 0 Å². The predicted octanol–water partition coefficient (Wildman–Crippen LogP) is 0.976. The van der Waals surface area contributed by atoms with E-state index in [-0.39, 0.29) is 12.1 Å². The number of allylic oxidation sites excluding steroid dienone is 1. The number of carbonyl (C=O) groups is 1. The number of amides is 1. The minimum absolute atomic E-state index is 0.0296. The molecule has 70 valence electrons. The molecule has 0 saturated carbocycles. The molecule has 3 heteroatoms. The maximum Gasteiger partial charge on any atom is 0.244 e. The third-order valence-electron chi connectivity index (χ3n) is 1.64. The molecule has 0 aromatic rings. The SMILES string of the molecule is C/C=C/C(=O)NC(CC)N(C)C. The third kappa shape index (κ3) is 4.13. The van der Waals surface area contributed by atoms with Crippen LogP contribution in [0.1, 0.15) is 20.3 Å². The normalized spacial score (nSPS) is 13.8. The molecule has 1 N–H and O–H groups in total. The van der Waals surface area contributed by atoms with Crippen molar-refractivity contribution in [1.82, 2.24) is 10.2 Å². The monoisotopic (exact) mass is 170 g/mol. The summed E-state index contributed by atoms with van der Waals surface area (Å²) in [6.07, 6.45) is 4.31. The van der Waals surface area contributed by atoms with E-state index < -0.39 is 0 Å². The van der Waals surface area contributed by atoms with Gasteiger partial charge in [0.15, 0.2) is 0 Å². The van der Waals surface area contributed by atoms with E-state index in [1.165, 1.54) is 6.08 Å². The summed E-state index contributed by atoms with van der Waals surface area (Å²) in [4.78, 5) is 13.1. The molecule has 0 aliphatic heterocycles. The predicted molar refractivity (Wildman–Crippen MR) is 50.7 cm³/mol. The molecule has 0 heterocycles. The first-order chi connectivity index (χ1) is 5.61. The molecule has 0 aromatic heterocycles. The third-order valence-corrected chi connectivity index (χ3v) is 1.64. The van der Waals surface area contributed by atoms with Gasteiger partial charge in [0, 0.05) is 0 Å². The number of carbonyl (C=O) groups excluding carboxylic acids is 1. The van der Waals surface area contributed by atoms with Crippen LogP contribution in [0.25, 0.3) is 0 Å². The number of rotatable bonds is 4. The Hall–Kier alpha value is -0.830. The van der Waals surface area contributed by atoms with Gasteiger partial charge in [-0.3, -0.25) is 9.69 Å². The molecule has 0 spiro atoms. The Bertz CT molecular complexity index is 164. The summed E-state index contributed by atoms with van der Waals surface area (Å²) >= 11 is 0. The fourth-order valence-electron chi connectivity index (χ4n) is 0.960. The second-order valence-electron chi connectivity index (χ2n) is 2.90. The van der Waals surface area contributed by atoms with Gasteiger partial charge in [-0.15, -0.1) is 0 Å². The van der Waals surface area contributed by atoms with Crippen molar-refractivity contribution in [3.8, 4) is 0 Å². The van der Waals surface area contributed by atoms with Crippen LogP contribution in [0.2, 0.25) is 0 Å². The van der Waals surface area contributed by atoms with Crippen molar-refractivity contribution in [2.45, 2.75) is 26.4 Å². The molecule has 0 aromatic carbocycles. The van der Waals surface area contributed by atoms with Crippen LogP contribution < -0.4 is 5.32 Å². The van der Waals surface area contributed by atoms with Crippen LogP contribution in [-0.4, -0.2) is 31.1 Å². The summed E-state index contributed by atoms with van der Waals surface area (Å²) < 4.78 is 0. The second-order valence-corrected chi connectivity index (χ2v) is 2.90. The molecule has 0 radical (unpaired) electrons. The lowest BCUT2D eigenvalue weighted by Gasteiger charge is -2.23. The minimum Gasteiger partial charge on any atom is -0.337 e. The number of hydrogen-bond acceptors (Lipinski definition) is 2. The molecule has 0 bridgehead atoms. The summed E-state index contributed by atoms with van der Waals surface area (Å²) in [5.41, 5.74) is 0. The lowest BCUT2D eigenvalue weighted by atomic mass is 10.3. The van der Waals surface area contributed by atoms with Crippen molar-refractivity contribution < 1.29 is 4.79 Å². The maximum absolute atomic E-state index is 11.1. The molecule has 0 aliphatic rings. The van der Waals surface area contributed by atoms with Crippen LogP contribution >= 0.6 is 0 Å². The molecular weight excluding hydrogens is 152 g/mol. The highest BCUT2D eigenvalue weighted by atomic mass is 16.1. The molecule has 0 rings (SSSR count). The van der Waals surface area contributed by atoms with E-state index >= 15 is 0 Å². The van der Waals surface area contributed by atoms with Crippen LogP contribution in [-0.2, 0) is 4.79 Å². The largest absolute Gasteiger partial charge is 0.337 e. The van der Waals surface area contributed by atoms with E-state index in [0.717, 1.165) is 6.42 Å². The van der Waals surface area contributed by atoms with Crippen molar-refractivity contribution in [3.63, 3.8) is 0 Å². The maximum atomic E-state index is 11.1. The average molecular weight is 170 g/mol. The fourth-order valence-corrected chi connectivity index (χ4v) is 0.960. The van der Waals surface area contributed by atoms with Crippen LogP contribution in [0.15, 0.2) is 12.2 Å². The van der Waals surface area contributed by atoms with Gasteiger partial charge in [0.25, 0.3) is 0 Å². The van der Waals surface area contributed by atoms with Gasteiger partial charge >= 0.3 is 0 Å². The Kier molecular flexibility index (Phi) is 5.37. The molecule has 0 fully saturated rings. The van der Waals surface area contributed by atoms with E-state index in [9.17, 15) is 4.79 Å². The first-order valence-corrected chi connectivity index (χ1v) is 4.21. The Balaban J connectivity index is 3.94. The Morgan fingerprint density at radius 2 is 2.17 bits per heavy atom. The summed E-state index contributed by atoms with van der Waals surface area (Å²) in [6, 6.07) is 0. The van der Waals surface area contributed by atoms with E-state index in [1.807, 2.05) is 32.8 Å². The highest BCUT2D eigenvalue weighted by Gasteiger charge is 2.09. The van der Waals surface area contributed by atoms with Crippen LogP contribution in [0, 0.1) is 0 Å². The van der Waals surface area contributed by atoms with E-state index in [1.54, 1.807) is 6.08 Å². The van der Waals surface area contributed by atoms with Gasteiger partial charge in [-0.05, 0) is 33.5 Å². The zero-order valence-electron chi connectivity index (χ0n) is 8.29. The Morgan fingerprint density at radius 3 is 2.50 bits per heavy atom. The lowest BCUT2D eigenvalue weighted by Crippen LogP contribution is -2.43. The number of nitrogens with zero attached hydrogens (tertiary/aromatic N) is 1. The van der Waals surface area contributed by atoms with E-state index in [2.05, 4.69) is 5.32 Å². The first-order valence-electron chi connectivity index (χ1n) is 4.21. The molecule has 3 nitrogen and oxygen atoms in total. The smallest absolute Gasteiger partial charge is 0.244 e. The second kappa shape index (κ2) is 5.77. The number of nitrogens with one attached hydrogen (secondary N) is 1. The van der Waals surface area contributed by atoms with Crippen LogP contribution in [0.3, 0.4) is 0 Å². The summed E-state index contributed by atoms with van der Waals surface area (Å²) in [5.74, 6) is -0.0296. The molecule has 0 saturated heterocycles. The summed E-state index contributed by atoms with van der Waals surface area (Å²) in [7, 11) is 3.90. The van der Waals surface area contributed by atoms with Crippen LogP contribution in [0.4, 0.5) is 0 Å². The summed E-state index contributed by atoms with van der Waals surface area (Å²) in [6.45, 7) is 3.87. The molecular formula is C9H18N2O. The van der Waals surface area contributed by atoms with Crippen molar-refractivity contribution >= 4 is 5.91 Å². The first kappa shape index (κ1) is 11.2. The molecule has 1 amide bonds. The van der Waals surface area contributed by atoms with Gasteiger partial charge in [0.2, 0.25) is 5.91 Å². The molecule has 12 heavy (non-hydrogen) atoms. The quantitative estimate of drug-likeness (QED) is 0.504. The molecule has 1 atom stereocenters. The number of hydrogen-bond donors (Lipinski definition) is 1. The van der Waals surface area contributed by atoms with Gasteiger partial charge in [-0.2, -0.15) is 0 Å². The zero-order chi connectivity index (χ0) is 9.56. The van der Waals surface area contributed by atoms with E-state index in [4.69, 9.17) is 0 Å². The van der Waals surface area contributed by atoms with Crippen LogP contribution in [0.5, 0.6) is 0 Å². The van der Waals surface area contributed by atoms with Crippen molar-refractivity contribution in [2.75, 3.05) is 14.1 Å². The van der Waals surface area contributed by atoms with Gasteiger partial charge < -0.3 is 5.32 Å². The van der Waals surface area contributed by atoms with Crippen molar-refractivity contribution in [2.24, 2.45) is 0 Å². The van der Waals surface area contributed by atoms with Crippen molar-refractivity contribution in [1.29, 1.82) is 0 Å². The zero-order valence-corrected chi connectivity index (χ0v) is 8.29. The highest BCUT2D eigenvalue weighted by molar-refractivity contribution is 5.87. The molecule has 1 unspecified atom stereocenters. The Morgan fingerprint density at radius 1 is 1.58 bits per heavy atom. The summed E-state index contributed by atoms with van der Waals surface area (Å²) in [5, 5.41) is 2.87. The van der Waals surface area contributed by atoms with Gasteiger partial charge in [-0.25, -0.2) is 0 Å². The lowest BCUT2D eigenvalue weighted by molar-refractivity contribution is -0.118. The van der Waals surface area contributed by atoms with E-state index in [0.29, 0.717) is 0 Å². The van der Waals surface area contributed by atoms with Gasteiger partial charge in [-0.1, -0.05) is 13.0 Å². The Labute approximate surface area is 74.4 Å². The topological polar surface area (TPSA) is 32.3 Å².